The third-order valence-corrected chi connectivity index (χ3v) is 8.49. The molecule has 0 atom stereocenters. The number of nitrogens with zero attached hydrogens (tertiary/aromatic N) is 5. The zero-order chi connectivity index (χ0) is 29.8. The molecule has 0 spiro atoms. The van der Waals surface area contributed by atoms with E-state index in [4.69, 9.17) is 5.26 Å². The highest BCUT2D eigenvalue weighted by molar-refractivity contribution is 6.13. The van der Waals surface area contributed by atoms with E-state index in [9.17, 15) is 18.0 Å². The van der Waals surface area contributed by atoms with Gasteiger partial charge >= 0.3 is 6.18 Å². The normalized spacial score (nSPS) is 19.0. The average Bonchev–Trinajstić information content (AvgIpc) is 3.14. The van der Waals surface area contributed by atoms with E-state index in [0.717, 1.165) is 57.9 Å². The van der Waals surface area contributed by atoms with Crippen molar-refractivity contribution in [3.8, 4) is 17.2 Å². The van der Waals surface area contributed by atoms with Crippen LogP contribution >= 0.6 is 0 Å². The molecule has 2 aromatic carbocycles. The van der Waals surface area contributed by atoms with Crippen LogP contribution in [0.3, 0.4) is 0 Å². The lowest BCUT2D eigenvalue weighted by Gasteiger charge is -2.43. The lowest BCUT2D eigenvalue weighted by atomic mass is 9.85. The van der Waals surface area contributed by atoms with E-state index < -0.39 is 34.6 Å². The molecule has 3 aliphatic rings. The van der Waals surface area contributed by atoms with Gasteiger partial charge in [0, 0.05) is 63.0 Å². The fourth-order valence-corrected chi connectivity index (χ4v) is 6.11. The number of pyridine rings is 1. The van der Waals surface area contributed by atoms with Crippen molar-refractivity contribution in [2.75, 3.05) is 55.6 Å². The number of carbonyl (C=O) groups excluding carboxylic acids is 1. The van der Waals surface area contributed by atoms with Gasteiger partial charge in [0.25, 0.3) is 0 Å². The fraction of sp³-hybridized carbons (Fsp3) is 0.387. The van der Waals surface area contributed by atoms with Crippen molar-refractivity contribution in [2.24, 2.45) is 5.92 Å². The molecule has 2 fully saturated rings. The van der Waals surface area contributed by atoms with E-state index in [0.29, 0.717) is 28.6 Å². The molecule has 0 bridgehead atoms. The van der Waals surface area contributed by atoms with Crippen LogP contribution in [-0.2, 0) is 16.4 Å². The summed E-state index contributed by atoms with van der Waals surface area (Å²) in [5.74, 6) is 0.0563. The van der Waals surface area contributed by atoms with Crippen molar-refractivity contribution in [2.45, 2.75) is 25.4 Å². The number of hydrogen-bond donors (Lipinski definition) is 1. The number of nitriles is 1. The molecule has 1 amide bonds. The van der Waals surface area contributed by atoms with Crippen molar-refractivity contribution in [1.82, 2.24) is 15.2 Å². The summed E-state index contributed by atoms with van der Waals surface area (Å²) in [5.41, 5.74) is -0.942. The van der Waals surface area contributed by atoms with E-state index in [1.807, 2.05) is 0 Å². The van der Waals surface area contributed by atoms with Gasteiger partial charge in [-0.1, -0.05) is 6.07 Å². The first-order valence-corrected chi connectivity index (χ1v) is 13.9. The second kappa shape index (κ2) is 10.4. The Balaban J connectivity index is 1.25. The number of aromatic nitrogens is 1. The monoisotopic (exact) mass is 578 g/mol. The topological polar surface area (TPSA) is 75.5 Å². The quantitative estimate of drug-likeness (QED) is 0.337. The van der Waals surface area contributed by atoms with Crippen LogP contribution in [0.15, 0.2) is 48.5 Å². The van der Waals surface area contributed by atoms with Gasteiger partial charge in [0.15, 0.2) is 0 Å². The number of amides is 1. The number of rotatable bonds is 5. The predicted octanol–water partition coefficient (Wildman–Crippen LogP) is 5.08. The maximum atomic E-state index is 15.4. The summed E-state index contributed by atoms with van der Waals surface area (Å²) in [4.78, 5) is 23.5. The molecule has 0 aliphatic carbocycles. The van der Waals surface area contributed by atoms with Gasteiger partial charge in [0.1, 0.15) is 5.82 Å². The Morgan fingerprint density at radius 1 is 1.07 bits per heavy atom. The third-order valence-electron chi connectivity index (χ3n) is 8.49. The molecule has 0 unspecified atom stereocenters. The zero-order valence-corrected chi connectivity index (χ0v) is 23.3. The highest BCUT2D eigenvalue weighted by Crippen LogP contribution is 2.48. The number of hydrogen-bond acceptors (Lipinski definition) is 6. The zero-order valence-electron chi connectivity index (χ0n) is 23.3. The molecule has 42 heavy (non-hydrogen) atoms. The Hall–Kier alpha value is -4.01. The predicted molar refractivity (Wildman–Crippen MR) is 151 cm³/mol. The molecule has 0 radical (unpaired) electrons. The van der Waals surface area contributed by atoms with Gasteiger partial charge in [-0.3, -0.25) is 9.69 Å². The van der Waals surface area contributed by atoms with Crippen LogP contribution in [0.2, 0.25) is 0 Å². The Bertz CT molecular complexity index is 1590. The number of halogens is 4. The molecular weight excluding hydrogens is 548 g/mol. The van der Waals surface area contributed by atoms with Crippen molar-refractivity contribution >= 4 is 23.1 Å². The fourth-order valence-electron chi connectivity index (χ4n) is 6.11. The van der Waals surface area contributed by atoms with Crippen molar-refractivity contribution < 1.29 is 22.4 Å². The number of nitrogens with one attached hydrogen (secondary N) is 1. The van der Waals surface area contributed by atoms with Crippen LogP contribution in [0.4, 0.5) is 34.8 Å². The third kappa shape index (κ3) is 4.88. The van der Waals surface area contributed by atoms with Crippen LogP contribution in [0.1, 0.15) is 30.5 Å². The molecule has 1 aromatic heterocycles. The highest BCUT2D eigenvalue weighted by atomic mass is 19.4. The van der Waals surface area contributed by atoms with E-state index in [-0.39, 0.29) is 11.3 Å². The Morgan fingerprint density at radius 2 is 1.81 bits per heavy atom. The minimum atomic E-state index is -4.76. The summed E-state index contributed by atoms with van der Waals surface area (Å²) in [5, 5.41) is 12.5. The number of carbonyl (C=O) groups is 1. The van der Waals surface area contributed by atoms with E-state index >= 15 is 4.39 Å². The maximum Gasteiger partial charge on any atom is 0.417 e. The number of anilines is 3. The van der Waals surface area contributed by atoms with E-state index in [1.54, 1.807) is 50.2 Å². The molecule has 218 valence electrons. The smallest absolute Gasteiger partial charge is 0.356 e. The number of alkyl halides is 3. The van der Waals surface area contributed by atoms with Crippen molar-refractivity contribution in [1.29, 1.82) is 5.26 Å². The Morgan fingerprint density at radius 3 is 2.48 bits per heavy atom. The Labute approximate surface area is 241 Å². The standard InChI is InChI=1S/C31H30F4N6O/c1-30(2)25-13-20(4-7-26(25)41(29(30)42)22-5-3-21(15-36)24(14-22)31(33,34)35)23-6-8-27(38-28(23)32)40-17-19(18-40)16-39-11-9-37-10-12-39/h3-8,13-14,19,37H,9-12,16-18H2,1-2H3. The largest absolute Gasteiger partial charge is 0.417 e. The van der Waals surface area contributed by atoms with Gasteiger partial charge in [0.05, 0.1) is 28.3 Å². The summed E-state index contributed by atoms with van der Waals surface area (Å²) < 4.78 is 56.3. The van der Waals surface area contributed by atoms with E-state index in [2.05, 4.69) is 20.1 Å². The molecule has 3 aliphatic heterocycles. The highest BCUT2D eigenvalue weighted by Gasteiger charge is 2.45. The molecule has 1 N–H and O–H groups in total. The lowest BCUT2D eigenvalue weighted by Crippen LogP contribution is -2.54. The van der Waals surface area contributed by atoms with Crippen molar-refractivity contribution in [3.05, 3.63) is 71.2 Å². The van der Waals surface area contributed by atoms with Gasteiger partial charge in [-0.05, 0) is 67.4 Å². The number of fused-ring (bicyclic) bond motifs is 1. The summed E-state index contributed by atoms with van der Waals surface area (Å²) in [6.45, 7) is 10.1. The van der Waals surface area contributed by atoms with Crippen LogP contribution in [-0.4, -0.2) is 61.6 Å². The molecular formula is C31H30F4N6O. The lowest BCUT2D eigenvalue weighted by molar-refractivity contribution is -0.137. The van der Waals surface area contributed by atoms with Crippen LogP contribution in [0, 0.1) is 23.2 Å². The summed E-state index contributed by atoms with van der Waals surface area (Å²) in [6.07, 6.45) is -4.76. The van der Waals surface area contributed by atoms with Gasteiger partial charge < -0.3 is 15.1 Å². The van der Waals surface area contributed by atoms with Crippen LogP contribution < -0.4 is 15.1 Å². The van der Waals surface area contributed by atoms with Crippen molar-refractivity contribution in [3.63, 3.8) is 0 Å². The van der Waals surface area contributed by atoms with E-state index in [1.165, 1.54) is 11.0 Å². The molecule has 3 aromatic rings. The van der Waals surface area contributed by atoms with Gasteiger partial charge in [0.2, 0.25) is 11.9 Å². The Kier molecular flexibility index (Phi) is 6.94. The van der Waals surface area contributed by atoms with Gasteiger partial charge in [-0.2, -0.15) is 22.8 Å². The number of piperazine rings is 1. The number of benzene rings is 2. The first-order valence-electron chi connectivity index (χ1n) is 13.9. The first kappa shape index (κ1) is 28.1. The molecule has 4 heterocycles. The minimum absolute atomic E-state index is 0.00732. The summed E-state index contributed by atoms with van der Waals surface area (Å²) >= 11 is 0. The molecule has 11 heteroatoms. The van der Waals surface area contributed by atoms with Gasteiger partial charge in [-0.15, -0.1) is 0 Å². The minimum Gasteiger partial charge on any atom is -0.356 e. The first-order chi connectivity index (χ1) is 20.0. The molecule has 2 saturated heterocycles. The van der Waals surface area contributed by atoms with Crippen LogP contribution in [0.25, 0.3) is 11.1 Å². The average molecular weight is 579 g/mol. The second-order valence-corrected chi connectivity index (χ2v) is 11.7. The second-order valence-electron chi connectivity index (χ2n) is 11.7. The summed E-state index contributed by atoms with van der Waals surface area (Å²) in [6, 6.07) is 13.2. The van der Waals surface area contributed by atoms with Crippen LogP contribution in [0.5, 0.6) is 0 Å². The molecule has 0 saturated carbocycles. The maximum absolute atomic E-state index is 15.4. The molecule has 7 nitrogen and oxygen atoms in total. The SMILES string of the molecule is CC1(C)C(=O)N(c2ccc(C#N)c(C(F)(F)F)c2)c2ccc(-c3ccc(N4CC(CN5CCNCC5)C4)nc3F)cc21. The molecule has 6 rings (SSSR count). The van der Waals surface area contributed by atoms with Gasteiger partial charge in [-0.25, -0.2) is 4.98 Å². The summed E-state index contributed by atoms with van der Waals surface area (Å²) in [7, 11) is 0.